The third-order valence-electron chi connectivity index (χ3n) is 4.90. The molecule has 2 aromatic carbocycles. The fourth-order valence-corrected chi connectivity index (χ4v) is 4.43. The van der Waals surface area contributed by atoms with Crippen LogP contribution >= 0.6 is 11.8 Å². The second-order valence-corrected chi connectivity index (χ2v) is 7.77. The van der Waals surface area contributed by atoms with Gasteiger partial charge in [-0.25, -0.2) is 0 Å². The molecule has 0 radical (unpaired) electrons. The van der Waals surface area contributed by atoms with Crippen molar-refractivity contribution in [2.45, 2.75) is 19.2 Å². The van der Waals surface area contributed by atoms with E-state index in [1.807, 2.05) is 48.2 Å². The van der Waals surface area contributed by atoms with Crippen molar-refractivity contribution >= 4 is 35.0 Å². The molecule has 2 heterocycles. The molecule has 142 valence electrons. The van der Waals surface area contributed by atoms with Crippen molar-refractivity contribution < 1.29 is 14.0 Å². The lowest BCUT2D eigenvalue weighted by Crippen LogP contribution is -2.28. The lowest BCUT2D eigenvalue weighted by Gasteiger charge is -2.26. The molecule has 1 N–H and O–H groups in total. The smallest absolute Gasteiger partial charge is 0.291 e. The number of hydrogen-bond donors (Lipinski definition) is 1. The lowest BCUT2D eigenvalue weighted by atomic mass is 10.1. The first-order valence-electron chi connectivity index (χ1n) is 8.99. The lowest BCUT2D eigenvalue weighted by molar-refractivity contribution is -0.115. The highest BCUT2D eigenvalue weighted by Gasteiger charge is 2.34. The van der Waals surface area contributed by atoms with Crippen LogP contribution in [0.15, 0.2) is 65.3 Å². The molecule has 2 amide bonds. The van der Waals surface area contributed by atoms with Gasteiger partial charge in [0.2, 0.25) is 5.91 Å². The SMILES string of the molecule is Cc1cccc(N2C(=O)CS[C@H]2c2ccc(NC(=O)c3ccco3)cc2)c1C. The molecule has 1 atom stereocenters. The van der Waals surface area contributed by atoms with Crippen LogP contribution in [0.4, 0.5) is 11.4 Å². The number of anilines is 2. The zero-order valence-corrected chi connectivity index (χ0v) is 16.5. The van der Waals surface area contributed by atoms with E-state index in [9.17, 15) is 9.59 Å². The summed E-state index contributed by atoms with van der Waals surface area (Å²) < 4.78 is 5.11. The molecule has 0 aliphatic carbocycles. The number of aryl methyl sites for hydroxylation is 1. The second-order valence-electron chi connectivity index (χ2n) is 6.70. The maximum atomic E-state index is 12.6. The molecule has 1 aliphatic heterocycles. The van der Waals surface area contributed by atoms with Crippen molar-refractivity contribution in [3.05, 3.63) is 83.3 Å². The van der Waals surface area contributed by atoms with E-state index in [0.29, 0.717) is 11.4 Å². The Kier molecular flexibility index (Phi) is 4.96. The minimum absolute atomic E-state index is 0.0807. The molecule has 1 aromatic heterocycles. The molecule has 1 fully saturated rings. The van der Waals surface area contributed by atoms with Crippen molar-refractivity contribution in [3.63, 3.8) is 0 Å². The van der Waals surface area contributed by atoms with Gasteiger partial charge in [-0.1, -0.05) is 24.3 Å². The number of rotatable bonds is 4. The quantitative estimate of drug-likeness (QED) is 0.684. The number of amides is 2. The molecule has 6 heteroatoms. The number of carbonyl (C=O) groups is 2. The van der Waals surface area contributed by atoms with Gasteiger partial charge in [0.15, 0.2) is 5.76 Å². The highest BCUT2D eigenvalue weighted by Crippen LogP contribution is 2.43. The Bertz CT molecular complexity index is 1010. The summed E-state index contributed by atoms with van der Waals surface area (Å²) in [5.74, 6) is 0.538. The predicted molar refractivity (Wildman–Crippen MR) is 112 cm³/mol. The molecule has 1 saturated heterocycles. The number of nitrogens with zero attached hydrogens (tertiary/aromatic N) is 1. The molecule has 4 rings (SSSR count). The molecular weight excluding hydrogens is 372 g/mol. The van der Waals surface area contributed by atoms with E-state index in [-0.39, 0.29) is 22.9 Å². The Labute approximate surface area is 167 Å². The minimum atomic E-state index is -0.291. The number of nitrogens with one attached hydrogen (secondary N) is 1. The highest BCUT2D eigenvalue weighted by atomic mass is 32.2. The largest absolute Gasteiger partial charge is 0.459 e. The topological polar surface area (TPSA) is 62.6 Å². The summed E-state index contributed by atoms with van der Waals surface area (Å²) in [6.07, 6.45) is 1.47. The van der Waals surface area contributed by atoms with E-state index in [1.165, 1.54) is 6.26 Å². The monoisotopic (exact) mass is 392 g/mol. The number of furan rings is 1. The summed E-state index contributed by atoms with van der Waals surface area (Å²) in [6.45, 7) is 4.10. The Morgan fingerprint density at radius 1 is 1.11 bits per heavy atom. The van der Waals surface area contributed by atoms with Gasteiger partial charge in [-0.2, -0.15) is 0 Å². The van der Waals surface area contributed by atoms with Crippen molar-refractivity contribution in [2.75, 3.05) is 16.0 Å². The zero-order valence-electron chi connectivity index (χ0n) is 15.6. The van der Waals surface area contributed by atoms with E-state index < -0.39 is 0 Å². The zero-order chi connectivity index (χ0) is 19.7. The van der Waals surface area contributed by atoms with Gasteiger partial charge in [-0.3, -0.25) is 14.5 Å². The Balaban J connectivity index is 1.57. The molecule has 0 unspecified atom stereocenters. The van der Waals surface area contributed by atoms with Gasteiger partial charge in [-0.05, 0) is 60.9 Å². The molecule has 0 bridgehead atoms. The van der Waals surface area contributed by atoms with Crippen LogP contribution in [-0.4, -0.2) is 17.6 Å². The van der Waals surface area contributed by atoms with Crippen LogP contribution in [0.2, 0.25) is 0 Å². The Morgan fingerprint density at radius 3 is 2.61 bits per heavy atom. The van der Waals surface area contributed by atoms with E-state index in [0.717, 1.165) is 22.4 Å². The van der Waals surface area contributed by atoms with Crippen LogP contribution in [0.1, 0.15) is 32.6 Å². The van der Waals surface area contributed by atoms with Gasteiger partial charge in [0.05, 0.1) is 12.0 Å². The van der Waals surface area contributed by atoms with Crippen molar-refractivity contribution in [1.29, 1.82) is 0 Å². The fourth-order valence-electron chi connectivity index (χ4n) is 3.26. The van der Waals surface area contributed by atoms with Crippen molar-refractivity contribution in [1.82, 2.24) is 0 Å². The van der Waals surface area contributed by atoms with Crippen LogP contribution in [0.5, 0.6) is 0 Å². The van der Waals surface area contributed by atoms with Gasteiger partial charge in [-0.15, -0.1) is 11.8 Å². The summed E-state index contributed by atoms with van der Waals surface area (Å²) in [4.78, 5) is 26.6. The Morgan fingerprint density at radius 2 is 1.89 bits per heavy atom. The van der Waals surface area contributed by atoms with E-state index >= 15 is 0 Å². The standard InChI is InChI=1S/C22H20N2O3S/c1-14-5-3-6-18(15(14)2)24-20(25)13-28-22(24)16-8-10-17(11-9-16)23-21(26)19-7-4-12-27-19/h3-12,22H,13H2,1-2H3,(H,23,26)/t22-/m0/s1. The third kappa shape index (κ3) is 3.43. The van der Waals surface area contributed by atoms with Gasteiger partial charge >= 0.3 is 0 Å². The van der Waals surface area contributed by atoms with E-state index in [4.69, 9.17) is 4.42 Å². The van der Waals surface area contributed by atoms with Crippen LogP contribution < -0.4 is 10.2 Å². The normalized spacial score (nSPS) is 16.4. The van der Waals surface area contributed by atoms with Gasteiger partial charge in [0.25, 0.3) is 5.91 Å². The summed E-state index contributed by atoms with van der Waals surface area (Å²) in [5.41, 5.74) is 4.93. The van der Waals surface area contributed by atoms with Crippen LogP contribution in [0.3, 0.4) is 0 Å². The molecule has 1 aliphatic rings. The van der Waals surface area contributed by atoms with E-state index in [1.54, 1.807) is 23.9 Å². The molecular formula is C22H20N2O3S. The number of benzene rings is 2. The average Bonchev–Trinajstić information content (AvgIpc) is 3.35. The molecule has 5 nitrogen and oxygen atoms in total. The molecule has 28 heavy (non-hydrogen) atoms. The summed E-state index contributed by atoms with van der Waals surface area (Å²) in [5, 5.41) is 2.73. The van der Waals surface area contributed by atoms with Crippen LogP contribution in [0, 0.1) is 13.8 Å². The van der Waals surface area contributed by atoms with Crippen LogP contribution in [0.25, 0.3) is 0 Å². The molecule has 0 spiro atoms. The average molecular weight is 392 g/mol. The number of carbonyl (C=O) groups excluding carboxylic acids is 2. The first kappa shape index (κ1) is 18.4. The first-order valence-corrected chi connectivity index (χ1v) is 10.0. The number of thioether (sulfide) groups is 1. The van der Waals surface area contributed by atoms with Gasteiger partial charge < -0.3 is 9.73 Å². The van der Waals surface area contributed by atoms with Crippen molar-refractivity contribution in [3.8, 4) is 0 Å². The fraction of sp³-hybridized carbons (Fsp3) is 0.182. The summed E-state index contributed by atoms with van der Waals surface area (Å²) in [7, 11) is 0. The number of hydrogen-bond acceptors (Lipinski definition) is 4. The van der Waals surface area contributed by atoms with E-state index in [2.05, 4.69) is 18.3 Å². The molecule has 0 saturated carbocycles. The van der Waals surface area contributed by atoms with Gasteiger partial charge in [0.1, 0.15) is 5.37 Å². The van der Waals surface area contributed by atoms with Crippen LogP contribution in [-0.2, 0) is 4.79 Å². The van der Waals surface area contributed by atoms with Gasteiger partial charge in [0, 0.05) is 11.4 Å². The highest BCUT2D eigenvalue weighted by molar-refractivity contribution is 8.00. The first-order chi connectivity index (χ1) is 13.5. The minimum Gasteiger partial charge on any atom is -0.459 e. The Hall–Kier alpha value is -2.99. The predicted octanol–water partition coefficient (Wildman–Crippen LogP) is 4.93. The summed E-state index contributed by atoms with van der Waals surface area (Å²) >= 11 is 1.61. The maximum Gasteiger partial charge on any atom is 0.291 e. The third-order valence-corrected chi connectivity index (χ3v) is 6.11. The van der Waals surface area contributed by atoms with Crippen molar-refractivity contribution in [2.24, 2.45) is 0 Å². The maximum absolute atomic E-state index is 12.6. The molecule has 3 aromatic rings. The second kappa shape index (κ2) is 7.56. The summed E-state index contributed by atoms with van der Waals surface area (Å²) in [6, 6.07) is 16.9.